The van der Waals surface area contributed by atoms with E-state index in [1.54, 1.807) is 6.20 Å². The van der Waals surface area contributed by atoms with Crippen molar-refractivity contribution < 1.29 is 13.9 Å². The molecular weight excluding hydrogens is 334 g/mol. The van der Waals surface area contributed by atoms with Crippen molar-refractivity contribution in [2.45, 2.75) is 20.5 Å². The third kappa shape index (κ3) is 3.04. The highest BCUT2D eigenvalue weighted by molar-refractivity contribution is 5.85. The van der Waals surface area contributed by atoms with Crippen molar-refractivity contribution in [3.05, 3.63) is 65.7 Å². The van der Waals surface area contributed by atoms with Crippen molar-refractivity contribution in [2.75, 3.05) is 0 Å². The van der Waals surface area contributed by atoms with E-state index in [2.05, 4.69) is 20.1 Å². The first-order chi connectivity index (χ1) is 12.6. The zero-order valence-electron chi connectivity index (χ0n) is 14.2. The van der Waals surface area contributed by atoms with Crippen LogP contribution in [0.25, 0.3) is 17.1 Å². The van der Waals surface area contributed by atoms with Gasteiger partial charge in [0, 0.05) is 17.0 Å². The molecule has 0 unspecified atom stereocenters. The molecule has 0 N–H and O–H groups in total. The number of aromatic nitrogens is 5. The summed E-state index contributed by atoms with van der Waals surface area (Å²) in [4.78, 5) is 24.7. The second-order valence-corrected chi connectivity index (χ2v) is 5.75. The maximum Gasteiger partial charge on any atom is 0.378 e. The average molecular weight is 349 g/mol. The lowest BCUT2D eigenvalue weighted by Gasteiger charge is -1.98. The van der Waals surface area contributed by atoms with Crippen molar-refractivity contribution >= 4 is 11.7 Å². The van der Waals surface area contributed by atoms with Crippen LogP contribution >= 0.6 is 0 Å². The minimum Gasteiger partial charge on any atom is -0.450 e. The Kier molecular flexibility index (Phi) is 3.92. The molecule has 0 radical (unpaired) electrons. The predicted molar refractivity (Wildman–Crippen MR) is 91.3 cm³/mol. The minimum atomic E-state index is -0.660. The maximum absolute atomic E-state index is 12.2. The fraction of sp³-hybridized carbons (Fsp3) is 0.167. The molecule has 0 aliphatic heterocycles. The average Bonchev–Trinajstić information content (AvgIpc) is 3.27. The number of aryl methyl sites for hydroxylation is 2. The van der Waals surface area contributed by atoms with Crippen LogP contribution < -0.4 is 0 Å². The second-order valence-electron chi connectivity index (χ2n) is 5.75. The van der Waals surface area contributed by atoms with E-state index in [4.69, 9.17) is 9.15 Å². The maximum atomic E-state index is 12.2. The van der Waals surface area contributed by atoms with Crippen molar-refractivity contribution in [3.8, 4) is 11.3 Å². The number of fused-ring (bicyclic) bond motifs is 1. The minimum absolute atomic E-state index is 0.0546. The zero-order chi connectivity index (χ0) is 18.1. The van der Waals surface area contributed by atoms with Gasteiger partial charge in [0.2, 0.25) is 5.89 Å². The molecule has 8 heteroatoms. The first-order valence-corrected chi connectivity index (χ1v) is 7.98. The summed E-state index contributed by atoms with van der Waals surface area (Å²) in [5.74, 6) is 0.550. The zero-order valence-corrected chi connectivity index (χ0v) is 14.2. The highest BCUT2D eigenvalue weighted by Crippen LogP contribution is 2.20. The van der Waals surface area contributed by atoms with E-state index in [9.17, 15) is 4.79 Å². The van der Waals surface area contributed by atoms with Crippen LogP contribution in [0.4, 0.5) is 0 Å². The highest BCUT2D eigenvalue weighted by atomic mass is 16.5. The number of benzene rings is 1. The fourth-order valence-electron chi connectivity index (χ4n) is 2.56. The van der Waals surface area contributed by atoms with E-state index in [0.29, 0.717) is 17.4 Å². The lowest BCUT2D eigenvalue weighted by atomic mass is 10.2. The van der Waals surface area contributed by atoms with Gasteiger partial charge in [0.15, 0.2) is 12.4 Å². The van der Waals surface area contributed by atoms with Crippen LogP contribution in [-0.2, 0) is 11.3 Å². The monoisotopic (exact) mass is 349 g/mol. The lowest BCUT2D eigenvalue weighted by molar-refractivity contribution is 0.0425. The highest BCUT2D eigenvalue weighted by Gasteiger charge is 2.17. The predicted octanol–water partition coefficient (Wildman–Crippen LogP) is 2.75. The molecule has 0 saturated carbocycles. The molecule has 26 heavy (non-hydrogen) atoms. The molecule has 1 aromatic carbocycles. The van der Waals surface area contributed by atoms with Crippen LogP contribution in [0.1, 0.15) is 27.9 Å². The van der Waals surface area contributed by atoms with Crippen molar-refractivity contribution in [3.63, 3.8) is 0 Å². The first-order valence-electron chi connectivity index (χ1n) is 7.98. The molecule has 3 heterocycles. The Hall–Kier alpha value is -3.55. The number of carbonyl (C=O) groups is 1. The summed E-state index contributed by atoms with van der Waals surface area (Å²) < 4.78 is 12.3. The topological polar surface area (TPSA) is 95.4 Å². The summed E-state index contributed by atoms with van der Waals surface area (Å²) in [5.41, 5.74) is 2.53. The quantitative estimate of drug-likeness (QED) is 0.523. The Bertz CT molecular complexity index is 1080. The summed E-state index contributed by atoms with van der Waals surface area (Å²) in [6.07, 6.45) is 1.59. The summed E-state index contributed by atoms with van der Waals surface area (Å²) in [5, 5.41) is 4.14. The van der Waals surface area contributed by atoms with Crippen LogP contribution in [0.2, 0.25) is 0 Å². The molecule has 0 bridgehead atoms. The molecule has 4 aromatic rings. The van der Waals surface area contributed by atoms with Crippen molar-refractivity contribution in [2.24, 2.45) is 0 Å². The van der Waals surface area contributed by atoms with Gasteiger partial charge in [-0.15, -0.1) is 5.10 Å². The third-order valence-electron chi connectivity index (χ3n) is 3.74. The molecule has 4 rings (SSSR count). The van der Waals surface area contributed by atoms with Gasteiger partial charge in [-0.1, -0.05) is 30.3 Å². The molecule has 0 spiro atoms. The van der Waals surface area contributed by atoms with Gasteiger partial charge >= 0.3 is 5.97 Å². The summed E-state index contributed by atoms with van der Waals surface area (Å²) in [6, 6.07) is 11.4. The Morgan fingerprint density at radius 3 is 2.81 bits per heavy atom. The van der Waals surface area contributed by atoms with Gasteiger partial charge < -0.3 is 9.15 Å². The summed E-state index contributed by atoms with van der Waals surface area (Å²) in [6.45, 7) is 3.61. The summed E-state index contributed by atoms with van der Waals surface area (Å²) >= 11 is 0. The molecule has 3 aromatic heterocycles. The number of oxazole rings is 1. The Labute approximate surface area is 148 Å². The van der Waals surface area contributed by atoms with Gasteiger partial charge in [-0.05, 0) is 19.9 Å². The second kappa shape index (κ2) is 6.40. The van der Waals surface area contributed by atoms with Gasteiger partial charge in [0.05, 0.1) is 6.20 Å². The molecule has 0 fully saturated rings. The van der Waals surface area contributed by atoms with E-state index < -0.39 is 5.97 Å². The largest absolute Gasteiger partial charge is 0.450 e. The van der Waals surface area contributed by atoms with E-state index in [1.165, 1.54) is 4.52 Å². The molecule has 0 amide bonds. The summed E-state index contributed by atoms with van der Waals surface area (Å²) in [7, 11) is 0. The molecule has 0 atom stereocenters. The van der Waals surface area contributed by atoms with Crippen LogP contribution in [0.15, 0.2) is 47.0 Å². The number of hydrogen-bond acceptors (Lipinski definition) is 7. The molecule has 0 saturated heterocycles. The molecule has 130 valence electrons. The number of carbonyl (C=O) groups excluding carboxylic acids is 1. The lowest BCUT2D eigenvalue weighted by Crippen LogP contribution is -2.08. The Balaban J connectivity index is 1.48. The van der Waals surface area contributed by atoms with E-state index in [-0.39, 0.29) is 12.4 Å². The van der Waals surface area contributed by atoms with Crippen molar-refractivity contribution in [1.82, 2.24) is 24.6 Å². The van der Waals surface area contributed by atoms with Gasteiger partial charge in [-0.3, -0.25) is 0 Å². The van der Waals surface area contributed by atoms with E-state index >= 15 is 0 Å². The molecule has 0 aliphatic carbocycles. The number of rotatable bonds is 4. The molecular formula is C18H15N5O3. The smallest absolute Gasteiger partial charge is 0.378 e. The van der Waals surface area contributed by atoms with Crippen LogP contribution in [-0.4, -0.2) is 30.5 Å². The normalized spacial score (nSPS) is 11.0. The number of ether oxygens (including phenoxy) is 1. The van der Waals surface area contributed by atoms with Gasteiger partial charge in [-0.25, -0.2) is 19.3 Å². The van der Waals surface area contributed by atoms with E-state index in [0.717, 1.165) is 17.0 Å². The molecule has 0 aliphatic rings. The van der Waals surface area contributed by atoms with Crippen LogP contribution in [0, 0.1) is 13.8 Å². The van der Waals surface area contributed by atoms with Gasteiger partial charge in [-0.2, -0.15) is 4.98 Å². The standard InChI is InChI=1S/C18H15N5O3/c1-11-8-12(2)23-18(20-11)21-16(22-23)17(24)25-10-15-19-9-14(26-15)13-6-4-3-5-7-13/h3-9H,10H2,1-2H3. The molecule has 8 nitrogen and oxygen atoms in total. The fourth-order valence-corrected chi connectivity index (χ4v) is 2.56. The third-order valence-corrected chi connectivity index (χ3v) is 3.74. The Morgan fingerprint density at radius 1 is 1.19 bits per heavy atom. The number of nitrogens with zero attached hydrogens (tertiary/aromatic N) is 5. The number of hydrogen-bond donors (Lipinski definition) is 0. The van der Waals surface area contributed by atoms with Gasteiger partial charge in [0.25, 0.3) is 11.6 Å². The van der Waals surface area contributed by atoms with Crippen LogP contribution in [0.5, 0.6) is 0 Å². The van der Waals surface area contributed by atoms with Crippen molar-refractivity contribution in [1.29, 1.82) is 0 Å². The number of esters is 1. The van der Waals surface area contributed by atoms with Crippen LogP contribution in [0.3, 0.4) is 0 Å². The Morgan fingerprint density at radius 2 is 2.00 bits per heavy atom. The van der Waals surface area contributed by atoms with Gasteiger partial charge in [0.1, 0.15) is 0 Å². The van der Waals surface area contributed by atoms with E-state index in [1.807, 2.05) is 50.2 Å². The SMILES string of the molecule is Cc1cc(C)n2nc(C(=O)OCc3ncc(-c4ccccc4)o3)nc2n1. The first kappa shape index (κ1) is 15.9.